The summed E-state index contributed by atoms with van der Waals surface area (Å²) in [6.45, 7) is 12.9. The van der Waals surface area contributed by atoms with Crippen molar-refractivity contribution in [1.29, 1.82) is 0 Å². The molecule has 1 atom stereocenters. The third-order valence-electron chi connectivity index (χ3n) is 2.62. The third kappa shape index (κ3) is 11.2. The van der Waals surface area contributed by atoms with Crippen molar-refractivity contribution in [1.82, 2.24) is 5.32 Å². The van der Waals surface area contributed by atoms with Crippen LogP contribution in [0.4, 0.5) is 0 Å². The van der Waals surface area contributed by atoms with Crippen molar-refractivity contribution < 1.29 is 4.79 Å². The lowest BCUT2D eigenvalue weighted by Gasteiger charge is -2.10. The van der Waals surface area contributed by atoms with E-state index in [-0.39, 0.29) is 5.91 Å². The van der Waals surface area contributed by atoms with Gasteiger partial charge in [-0.25, -0.2) is 0 Å². The maximum Gasteiger partial charge on any atom is 0.220 e. The van der Waals surface area contributed by atoms with Crippen LogP contribution in [0.5, 0.6) is 0 Å². The third-order valence-corrected chi connectivity index (χ3v) is 2.62. The zero-order valence-electron chi connectivity index (χ0n) is 11.8. The summed E-state index contributed by atoms with van der Waals surface area (Å²) in [4.78, 5) is 11.6. The lowest BCUT2D eigenvalue weighted by Crippen LogP contribution is -2.26. The first-order valence-corrected chi connectivity index (χ1v) is 6.46. The van der Waals surface area contributed by atoms with Crippen molar-refractivity contribution in [2.75, 3.05) is 6.54 Å². The summed E-state index contributed by atoms with van der Waals surface area (Å²) in [6, 6.07) is 0. The van der Waals surface area contributed by atoms with E-state index >= 15 is 0 Å². The molecule has 2 heteroatoms. The highest BCUT2D eigenvalue weighted by molar-refractivity contribution is 5.76. The van der Waals surface area contributed by atoms with Gasteiger partial charge in [-0.05, 0) is 46.0 Å². The molecule has 0 aromatic heterocycles. The molecule has 0 aliphatic rings. The van der Waals surface area contributed by atoms with Crippen LogP contribution < -0.4 is 5.32 Å². The minimum Gasteiger partial charge on any atom is -0.356 e. The van der Waals surface area contributed by atoms with Crippen molar-refractivity contribution in [3.63, 3.8) is 0 Å². The number of allylic oxidation sites excluding steroid dienone is 2. The summed E-state index contributed by atoms with van der Waals surface area (Å²) in [5, 5.41) is 2.93. The fourth-order valence-electron chi connectivity index (χ4n) is 1.56. The number of hydrogen-bond donors (Lipinski definition) is 1. The highest BCUT2D eigenvalue weighted by Crippen LogP contribution is 2.11. The Morgan fingerprint density at radius 3 is 2.53 bits per heavy atom. The Morgan fingerprint density at radius 1 is 1.35 bits per heavy atom. The van der Waals surface area contributed by atoms with Crippen molar-refractivity contribution >= 4 is 5.91 Å². The SMILES string of the molecule is C=C(C)CCNC(=O)CC(C)CCC=C(C)C. The zero-order chi connectivity index (χ0) is 13.3. The van der Waals surface area contributed by atoms with Gasteiger partial charge in [0.2, 0.25) is 5.91 Å². The number of hydrogen-bond acceptors (Lipinski definition) is 1. The van der Waals surface area contributed by atoms with Crippen LogP contribution in [0.2, 0.25) is 0 Å². The van der Waals surface area contributed by atoms with Gasteiger partial charge in [0.15, 0.2) is 0 Å². The zero-order valence-corrected chi connectivity index (χ0v) is 11.8. The first-order chi connectivity index (χ1) is 7.91. The van der Waals surface area contributed by atoms with E-state index in [2.05, 4.69) is 38.7 Å². The number of carbonyl (C=O) groups excluding carboxylic acids is 1. The van der Waals surface area contributed by atoms with Crippen molar-refractivity contribution in [3.8, 4) is 0 Å². The van der Waals surface area contributed by atoms with E-state index < -0.39 is 0 Å². The molecule has 0 saturated heterocycles. The predicted octanol–water partition coefficient (Wildman–Crippen LogP) is 3.84. The molecule has 0 spiro atoms. The molecule has 0 radical (unpaired) electrons. The van der Waals surface area contributed by atoms with Gasteiger partial charge in [-0.2, -0.15) is 0 Å². The van der Waals surface area contributed by atoms with E-state index in [4.69, 9.17) is 0 Å². The van der Waals surface area contributed by atoms with Gasteiger partial charge in [-0.15, -0.1) is 6.58 Å². The molecule has 0 saturated carbocycles. The largest absolute Gasteiger partial charge is 0.356 e. The van der Waals surface area contributed by atoms with Crippen LogP contribution in [0.25, 0.3) is 0 Å². The molecule has 0 aliphatic heterocycles. The standard InChI is InChI=1S/C15H27NO/c1-12(2)7-6-8-14(5)11-15(17)16-10-9-13(3)4/h7,14H,3,6,8-11H2,1-2,4-5H3,(H,16,17). The van der Waals surface area contributed by atoms with Gasteiger partial charge in [-0.3, -0.25) is 4.79 Å². The fraction of sp³-hybridized carbons (Fsp3) is 0.667. The number of carbonyl (C=O) groups is 1. The highest BCUT2D eigenvalue weighted by atomic mass is 16.1. The molecule has 1 amide bonds. The Hall–Kier alpha value is -1.05. The van der Waals surface area contributed by atoms with Crippen LogP contribution in [-0.4, -0.2) is 12.5 Å². The molecule has 2 nitrogen and oxygen atoms in total. The fourth-order valence-corrected chi connectivity index (χ4v) is 1.56. The van der Waals surface area contributed by atoms with E-state index in [0.717, 1.165) is 31.4 Å². The smallest absolute Gasteiger partial charge is 0.220 e. The predicted molar refractivity (Wildman–Crippen MR) is 74.9 cm³/mol. The Kier molecular flexibility index (Phi) is 8.47. The lowest BCUT2D eigenvalue weighted by molar-refractivity contribution is -0.121. The van der Waals surface area contributed by atoms with Gasteiger partial charge in [0.1, 0.15) is 0 Å². The van der Waals surface area contributed by atoms with Crippen LogP contribution in [0.15, 0.2) is 23.8 Å². The quantitative estimate of drug-likeness (QED) is 0.638. The molecule has 0 aliphatic carbocycles. The van der Waals surface area contributed by atoms with E-state index in [0.29, 0.717) is 12.3 Å². The molecule has 17 heavy (non-hydrogen) atoms. The molecule has 0 aromatic carbocycles. The maximum absolute atomic E-state index is 11.6. The van der Waals surface area contributed by atoms with E-state index in [1.165, 1.54) is 5.57 Å². The molecule has 0 rings (SSSR count). The van der Waals surface area contributed by atoms with Crippen LogP contribution in [-0.2, 0) is 4.79 Å². The Labute approximate surface area is 106 Å². The second-order valence-corrected chi connectivity index (χ2v) is 5.23. The van der Waals surface area contributed by atoms with E-state index in [1.54, 1.807) is 0 Å². The summed E-state index contributed by atoms with van der Waals surface area (Å²) in [5.74, 6) is 0.617. The monoisotopic (exact) mass is 237 g/mol. The van der Waals surface area contributed by atoms with E-state index in [9.17, 15) is 4.79 Å². The summed E-state index contributed by atoms with van der Waals surface area (Å²) >= 11 is 0. The number of amides is 1. The van der Waals surface area contributed by atoms with Gasteiger partial charge >= 0.3 is 0 Å². The molecular formula is C15H27NO. The molecule has 0 fully saturated rings. The van der Waals surface area contributed by atoms with E-state index in [1.807, 2.05) is 6.92 Å². The van der Waals surface area contributed by atoms with Gasteiger partial charge in [0.25, 0.3) is 0 Å². The summed E-state index contributed by atoms with van der Waals surface area (Å²) in [6.07, 6.45) is 5.89. The van der Waals surface area contributed by atoms with Crippen LogP contribution in [0, 0.1) is 5.92 Å². The first kappa shape index (κ1) is 16.0. The average Bonchev–Trinajstić information content (AvgIpc) is 2.15. The normalized spacial score (nSPS) is 11.8. The molecule has 1 unspecified atom stereocenters. The molecule has 0 bridgehead atoms. The first-order valence-electron chi connectivity index (χ1n) is 6.46. The molecular weight excluding hydrogens is 210 g/mol. The molecule has 0 heterocycles. The highest BCUT2D eigenvalue weighted by Gasteiger charge is 2.07. The Morgan fingerprint density at radius 2 is 2.00 bits per heavy atom. The summed E-state index contributed by atoms with van der Waals surface area (Å²) in [7, 11) is 0. The van der Waals surface area contributed by atoms with Crippen molar-refractivity contribution in [3.05, 3.63) is 23.8 Å². The van der Waals surface area contributed by atoms with Crippen molar-refractivity contribution in [2.24, 2.45) is 5.92 Å². The molecule has 98 valence electrons. The summed E-state index contributed by atoms with van der Waals surface area (Å²) < 4.78 is 0. The molecule has 1 N–H and O–H groups in total. The number of rotatable bonds is 8. The lowest BCUT2D eigenvalue weighted by atomic mass is 10.0. The maximum atomic E-state index is 11.6. The second kappa shape index (κ2) is 9.03. The van der Waals surface area contributed by atoms with Crippen LogP contribution in [0.1, 0.15) is 53.4 Å². The molecule has 0 aromatic rings. The Balaban J connectivity index is 3.65. The average molecular weight is 237 g/mol. The minimum absolute atomic E-state index is 0.163. The van der Waals surface area contributed by atoms with Gasteiger partial charge in [0, 0.05) is 13.0 Å². The number of nitrogens with one attached hydrogen (secondary N) is 1. The topological polar surface area (TPSA) is 29.1 Å². The minimum atomic E-state index is 0.163. The van der Waals surface area contributed by atoms with Crippen LogP contribution >= 0.6 is 0 Å². The Bertz CT molecular complexity index is 275. The van der Waals surface area contributed by atoms with Gasteiger partial charge < -0.3 is 5.32 Å². The van der Waals surface area contributed by atoms with Gasteiger partial charge in [-0.1, -0.05) is 24.1 Å². The summed E-state index contributed by atoms with van der Waals surface area (Å²) in [5.41, 5.74) is 2.46. The van der Waals surface area contributed by atoms with Crippen LogP contribution in [0.3, 0.4) is 0 Å². The van der Waals surface area contributed by atoms with Gasteiger partial charge in [0.05, 0.1) is 0 Å². The second-order valence-electron chi connectivity index (χ2n) is 5.23. The van der Waals surface area contributed by atoms with Crippen molar-refractivity contribution in [2.45, 2.75) is 53.4 Å².